The highest BCUT2D eigenvalue weighted by Crippen LogP contribution is 2.12. The second-order valence-corrected chi connectivity index (χ2v) is 5.64. The molecule has 0 atom stereocenters. The first-order chi connectivity index (χ1) is 10.4. The van der Waals surface area contributed by atoms with Gasteiger partial charge in [-0.1, -0.05) is 12.5 Å². The summed E-state index contributed by atoms with van der Waals surface area (Å²) in [5, 5.41) is 0. The van der Waals surface area contributed by atoms with Crippen LogP contribution >= 0.6 is 0 Å². The average molecular weight is 282 g/mol. The highest BCUT2D eigenvalue weighted by molar-refractivity contribution is 5.47. The predicted octanol–water partition coefficient (Wildman–Crippen LogP) is 2.96. The van der Waals surface area contributed by atoms with E-state index in [1.807, 2.05) is 30.6 Å². The molecule has 0 aromatic carbocycles. The van der Waals surface area contributed by atoms with E-state index in [1.165, 1.54) is 50.9 Å². The first-order valence-electron chi connectivity index (χ1n) is 7.86. The summed E-state index contributed by atoms with van der Waals surface area (Å²) in [5.74, 6) is 0.704. The van der Waals surface area contributed by atoms with Crippen molar-refractivity contribution in [1.82, 2.24) is 19.9 Å². The van der Waals surface area contributed by atoms with E-state index in [1.54, 1.807) is 6.20 Å². The van der Waals surface area contributed by atoms with Gasteiger partial charge in [0.1, 0.15) is 5.69 Å². The first kappa shape index (κ1) is 14.1. The molecule has 1 aliphatic heterocycles. The summed E-state index contributed by atoms with van der Waals surface area (Å²) in [7, 11) is 0. The Morgan fingerprint density at radius 3 is 2.48 bits per heavy atom. The predicted molar refractivity (Wildman–Crippen MR) is 83.9 cm³/mol. The number of aromatic nitrogens is 3. The summed E-state index contributed by atoms with van der Waals surface area (Å²) in [6.45, 7) is 3.74. The molecule has 0 bridgehead atoms. The van der Waals surface area contributed by atoms with E-state index in [0.29, 0.717) is 5.82 Å². The zero-order chi connectivity index (χ0) is 14.3. The average Bonchev–Trinajstić information content (AvgIpc) is 2.57. The van der Waals surface area contributed by atoms with E-state index in [9.17, 15) is 0 Å². The van der Waals surface area contributed by atoms with Crippen LogP contribution < -0.4 is 0 Å². The van der Waals surface area contributed by atoms with Crippen LogP contribution in [0, 0.1) is 0 Å². The lowest BCUT2D eigenvalue weighted by molar-refractivity contribution is 0.226. The number of rotatable bonds is 5. The second kappa shape index (κ2) is 7.27. The quantitative estimate of drug-likeness (QED) is 0.845. The fourth-order valence-electron chi connectivity index (χ4n) is 2.80. The molecule has 0 unspecified atom stereocenters. The van der Waals surface area contributed by atoms with Gasteiger partial charge in [-0.2, -0.15) is 0 Å². The summed E-state index contributed by atoms with van der Waals surface area (Å²) in [4.78, 5) is 15.7. The first-order valence-corrected chi connectivity index (χ1v) is 7.86. The SMILES string of the molecule is c1ccc(-c2ncc(CCCN3CCCCC3)cn2)nc1. The van der Waals surface area contributed by atoms with Crippen LogP contribution in [0.1, 0.15) is 31.2 Å². The number of likely N-dealkylation sites (tertiary alicyclic amines) is 1. The van der Waals surface area contributed by atoms with Crippen LogP contribution in [-0.4, -0.2) is 39.5 Å². The molecule has 21 heavy (non-hydrogen) atoms. The molecule has 3 rings (SSSR count). The molecule has 0 aliphatic carbocycles. The number of aryl methyl sites for hydroxylation is 1. The molecule has 1 aliphatic rings. The Morgan fingerprint density at radius 2 is 1.76 bits per heavy atom. The van der Waals surface area contributed by atoms with E-state index in [-0.39, 0.29) is 0 Å². The van der Waals surface area contributed by atoms with Crippen LogP contribution in [0.15, 0.2) is 36.8 Å². The van der Waals surface area contributed by atoms with Gasteiger partial charge in [0, 0.05) is 18.6 Å². The normalized spacial score (nSPS) is 16.0. The van der Waals surface area contributed by atoms with Crippen molar-refractivity contribution in [2.75, 3.05) is 19.6 Å². The van der Waals surface area contributed by atoms with Crippen molar-refractivity contribution in [1.29, 1.82) is 0 Å². The van der Waals surface area contributed by atoms with Crippen molar-refractivity contribution in [3.63, 3.8) is 0 Å². The molecule has 0 saturated carbocycles. The highest BCUT2D eigenvalue weighted by Gasteiger charge is 2.09. The van der Waals surface area contributed by atoms with E-state index >= 15 is 0 Å². The van der Waals surface area contributed by atoms with Crippen molar-refractivity contribution < 1.29 is 0 Å². The Kier molecular flexibility index (Phi) is 4.90. The van der Waals surface area contributed by atoms with E-state index in [4.69, 9.17) is 0 Å². The highest BCUT2D eigenvalue weighted by atomic mass is 15.1. The van der Waals surface area contributed by atoms with Crippen molar-refractivity contribution in [3.8, 4) is 11.5 Å². The van der Waals surface area contributed by atoms with Gasteiger partial charge in [-0.3, -0.25) is 4.98 Å². The summed E-state index contributed by atoms with van der Waals surface area (Å²) in [6.07, 6.45) is 12.0. The smallest absolute Gasteiger partial charge is 0.178 e. The summed E-state index contributed by atoms with van der Waals surface area (Å²) < 4.78 is 0. The van der Waals surface area contributed by atoms with Gasteiger partial charge in [0.05, 0.1) is 0 Å². The van der Waals surface area contributed by atoms with Gasteiger partial charge in [-0.15, -0.1) is 0 Å². The fraction of sp³-hybridized carbons (Fsp3) is 0.471. The number of piperidine rings is 1. The van der Waals surface area contributed by atoms with Crippen molar-refractivity contribution >= 4 is 0 Å². The Labute approximate surface area is 126 Å². The van der Waals surface area contributed by atoms with E-state index < -0.39 is 0 Å². The summed E-state index contributed by atoms with van der Waals surface area (Å²) in [6, 6.07) is 5.79. The monoisotopic (exact) mass is 282 g/mol. The molecule has 3 heterocycles. The minimum atomic E-state index is 0.704. The molecular weight excluding hydrogens is 260 g/mol. The van der Waals surface area contributed by atoms with E-state index in [2.05, 4.69) is 19.9 Å². The standard InChI is InChI=1S/C17H22N4/c1-4-10-21(11-5-1)12-6-7-15-13-19-17(20-14-15)16-8-2-3-9-18-16/h2-3,8-9,13-14H,1,4-7,10-12H2. The third kappa shape index (κ3) is 4.08. The lowest BCUT2D eigenvalue weighted by Gasteiger charge is -2.26. The maximum Gasteiger partial charge on any atom is 0.178 e. The second-order valence-electron chi connectivity index (χ2n) is 5.64. The lowest BCUT2D eigenvalue weighted by atomic mass is 10.1. The summed E-state index contributed by atoms with van der Waals surface area (Å²) in [5.41, 5.74) is 2.05. The Bertz CT molecular complexity index is 532. The van der Waals surface area contributed by atoms with Gasteiger partial charge in [-0.05, 0) is 63.0 Å². The molecule has 2 aromatic rings. The molecule has 110 valence electrons. The van der Waals surface area contributed by atoms with Gasteiger partial charge in [0.25, 0.3) is 0 Å². The van der Waals surface area contributed by atoms with Crippen LogP contribution in [0.25, 0.3) is 11.5 Å². The minimum Gasteiger partial charge on any atom is -0.303 e. The third-order valence-electron chi connectivity index (χ3n) is 3.99. The zero-order valence-electron chi connectivity index (χ0n) is 12.4. The maximum absolute atomic E-state index is 4.43. The van der Waals surface area contributed by atoms with Crippen molar-refractivity contribution in [2.24, 2.45) is 0 Å². The van der Waals surface area contributed by atoms with Gasteiger partial charge in [-0.25, -0.2) is 9.97 Å². The molecule has 1 saturated heterocycles. The Balaban J connectivity index is 1.50. The number of hydrogen-bond acceptors (Lipinski definition) is 4. The number of nitrogens with zero attached hydrogens (tertiary/aromatic N) is 4. The molecule has 4 heteroatoms. The van der Waals surface area contributed by atoms with Crippen LogP contribution in [0.5, 0.6) is 0 Å². The minimum absolute atomic E-state index is 0.704. The third-order valence-corrected chi connectivity index (χ3v) is 3.99. The molecule has 4 nitrogen and oxygen atoms in total. The van der Waals surface area contributed by atoms with Crippen molar-refractivity contribution in [3.05, 3.63) is 42.4 Å². The molecule has 0 amide bonds. The zero-order valence-corrected chi connectivity index (χ0v) is 12.4. The Morgan fingerprint density at radius 1 is 0.952 bits per heavy atom. The topological polar surface area (TPSA) is 41.9 Å². The largest absolute Gasteiger partial charge is 0.303 e. The maximum atomic E-state index is 4.43. The van der Waals surface area contributed by atoms with Crippen molar-refractivity contribution in [2.45, 2.75) is 32.1 Å². The van der Waals surface area contributed by atoms with Crippen LogP contribution in [-0.2, 0) is 6.42 Å². The van der Waals surface area contributed by atoms with Gasteiger partial charge in [0.2, 0.25) is 0 Å². The van der Waals surface area contributed by atoms with Crippen LogP contribution in [0.4, 0.5) is 0 Å². The molecular formula is C17H22N4. The van der Waals surface area contributed by atoms with Crippen LogP contribution in [0.2, 0.25) is 0 Å². The van der Waals surface area contributed by atoms with Gasteiger partial charge >= 0.3 is 0 Å². The number of hydrogen-bond donors (Lipinski definition) is 0. The fourth-order valence-corrected chi connectivity index (χ4v) is 2.80. The van der Waals surface area contributed by atoms with Crippen LogP contribution in [0.3, 0.4) is 0 Å². The van der Waals surface area contributed by atoms with Gasteiger partial charge in [0.15, 0.2) is 5.82 Å². The Hall–Kier alpha value is -1.81. The molecule has 0 spiro atoms. The molecule has 0 radical (unpaired) electrons. The molecule has 2 aromatic heterocycles. The van der Waals surface area contributed by atoms with E-state index in [0.717, 1.165) is 12.1 Å². The summed E-state index contributed by atoms with van der Waals surface area (Å²) >= 11 is 0. The number of pyridine rings is 1. The van der Waals surface area contributed by atoms with Gasteiger partial charge < -0.3 is 4.90 Å². The molecule has 0 N–H and O–H groups in total. The lowest BCUT2D eigenvalue weighted by Crippen LogP contribution is -2.30. The molecule has 1 fully saturated rings.